The Hall–Kier alpha value is -3.55. The Labute approximate surface area is 213 Å². The van der Waals surface area contributed by atoms with Crippen molar-refractivity contribution >= 4 is 51.7 Å². The monoisotopic (exact) mass is 509 g/mol. The Kier molecular flexibility index (Phi) is 7.58. The fraction of sp³-hybridized carbons (Fsp3) is 0.192. The fourth-order valence-electron chi connectivity index (χ4n) is 3.68. The molecule has 3 aromatic carbocycles. The number of halogens is 2. The Morgan fingerprint density at radius 1 is 1.03 bits per heavy atom. The van der Waals surface area contributed by atoms with E-state index in [1.165, 1.54) is 0 Å². The van der Waals surface area contributed by atoms with E-state index >= 15 is 0 Å². The number of benzene rings is 3. The van der Waals surface area contributed by atoms with Crippen LogP contribution < -0.4 is 16.4 Å². The van der Waals surface area contributed by atoms with E-state index in [1.54, 1.807) is 31.2 Å². The van der Waals surface area contributed by atoms with Crippen LogP contribution in [-0.4, -0.2) is 27.8 Å². The molecule has 4 aromatic rings. The summed E-state index contributed by atoms with van der Waals surface area (Å²) in [7, 11) is 0. The molecule has 4 rings (SSSR count). The van der Waals surface area contributed by atoms with Gasteiger partial charge in [0.05, 0.1) is 11.0 Å². The van der Waals surface area contributed by atoms with Crippen LogP contribution in [0.5, 0.6) is 0 Å². The smallest absolute Gasteiger partial charge is 0.251 e. The molecular weight excluding hydrogens is 485 g/mol. The first kappa shape index (κ1) is 24.6. The summed E-state index contributed by atoms with van der Waals surface area (Å²) in [6, 6.07) is 17.8. The molecule has 180 valence electrons. The van der Waals surface area contributed by atoms with Crippen LogP contribution in [0.15, 0.2) is 60.7 Å². The predicted octanol–water partition coefficient (Wildman–Crippen LogP) is 4.87. The van der Waals surface area contributed by atoms with Crippen molar-refractivity contribution in [1.82, 2.24) is 15.3 Å². The number of hydrogen-bond acceptors (Lipinski definition) is 4. The topological polar surface area (TPSA) is 113 Å². The number of para-hydroxylation sites is 2. The first-order valence-corrected chi connectivity index (χ1v) is 11.9. The highest BCUT2D eigenvalue weighted by atomic mass is 35.5. The lowest BCUT2D eigenvalue weighted by Gasteiger charge is -2.16. The van der Waals surface area contributed by atoms with Crippen LogP contribution in [0.4, 0.5) is 5.69 Å². The number of fused-ring (bicyclic) bond motifs is 1. The van der Waals surface area contributed by atoms with Gasteiger partial charge in [-0.15, -0.1) is 0 Å². The molecule has 1 aromatic heterocycles. The van der Waals surface area contributed by atoms with Gasteiger partial charge in [0, 0.05) is 34.3 Å². The van der Waals surface area contributed by atoms with E-state index in [-0.39, 0.29) is 5.91 Å². The maximum Gasteiger partial charge on any atom is 0.251 e. The minimum Gasteiger partial charge on any atom is -0.381 e. The third-order valence-corrected chi connectivity index (χ3v) is 6.29. The van der Waals surface area contributed by atoms with E-state index in [9.17, 15) is 9.59 Å². The number of imidazole rings is 1. The van der Waals surface area contributed by atoms with E-state index in [2.05, 4.69) is 20.6 Å². The molecule has 1 heterocycles. The largest absolute Gasteiger partial charge is 0.381 e. The summed E-state index contributed by atoms with van der Waals surface area (Å²) in [5.41, 5.74) is 10.3. The first-order chi connectivity index (χ1) is 16.8. The highest BCUT2D eigenvalue weighted by Crippen LogP contribution is 2.25. The molecular formula is C26H25Cl2N5O2. The molecule has 1 atom stereocenters. The molecule has 0 saturated heterocycles. The molecule has 5 N–H and O–H groups in total. The van der Waals surface area contributed by atoms with E-state index in [4.69, 9.17) is 28.9 Å². The van der Waals surface area contributed by atoms with Crippen LogP contribution in [-0.2, 0) is 24.2 Å². The van der Waals surface area contributed by atoms with Gasteiger partial charge >= 0.3 is 0 Å². The van der Waals surface area contributed by atoms with Crippen molar-refractivity contribution in [2.24, 2.45) is 5.73 Å². The average Bonchev–Trinajstić information content (AvgIpc) is 3.25. The number of carbonyl (C=O) groups is 2. The number of primary amides is 1. The van der Waals surface area contributed by atoms with Crippen molar-refractivity contribution in [1.29, 1.82) is 0 Å². The van der Waals surface area contributed by atoms with E-state index in [0.717, 1.165) is 33.7 Å². The average molecular weight is 510 g/mol. The standard InChI is InChI=1S/C26H25Cl2N5O2/c1-15(25(29)34)31-26(35)17-7-6-16(9-11-24-32-21-4-2-3-5-22(21)33-24)23(12-17)30-14-18-8-10-19(27)13-20(18)28/h2-8,10,12-13,15,30H,9,11,14H2,1H3,(H2,29,34)(H,31,35)(H,32,33). The molecule has 0 saturated carbocycles. The number of nitrogens with one attached hydrogen (secondary N) is 3. The summed E-state index contributed by atoms with van der Waals surface area (Å²) in [4.78, 5) is 32.0. The molecule has 1 unspecified atom stereocenters. The van der Waals surface area contributed by atoms with Crippen LogP contribution in [0, 0.1) is 0 Å². The van der Waals surface area contributed by atoms with Crippen molar-refractivity contribution in [3.63, 3.8) is 0 Å². The molecule has 7 nitrogen and oxygen atoms in total. The predicted molar refractivity (Wildman–Crippen MR) is 140 cm³/mol. The van der Waals surface area contributed by atoms with Gasteiger partial charge in [-0.2, -0.15) is 0 Å². The van der Waals surface area contributed by atoms with Gasteiger partial charge in [0.2, 0.25) is 5.91 Å². The minimum atomic E-state index is -0.778. The van der Waals surface area contributed by atoms with Gasteiger partial charge in [-0.05, 0) is 60.9 Å². The van der Waals surface area contributed by atoms with Crippen LogP contribution in [0.2, 0.25) is 10.0 Å². The summed E-state index contributed by atoms with van der Waals surface area (Å²) in [5, 5.41) is 7.12. The molecule has 0 spiro atoms. The number of aryl methyl sites for hydroxylation is 2. The second-order valence-electron chi connectivity index (χ2n) is 8.26. The number of nitrogens with zero attached hydrogens (tertiary/aromatic N) is 1. The molecule has 0 aliphatic rings. The third kappa shape index (κ3) is 6.12. The number of nitrogens with two attached hydrogens (primary N) is 1. The van der Waals surface area contributed by atoms with Gasteiger partial charge in [-0.25, -0.2) is 4.98 Å². The van der Waals surface area contributed by atoms with E-state index in [1.807, 2.05) is 36.4 Å². The SMILES string of the molecule is CC(NC(=O)c1ccc(CCc2nc3ccccc3[nH]2)c(NCc2ccc(Cl)cc2Cl)c1)C(N)=O. The highest BCUT2D eigenvalue weighted by molar-refractivity contribution is 6.35. The van der Waals surface area contributed by atoms with Gasteiger partial charge < -0.3 is 21.4 Å². The maximum atomic E-state index is 12.7. The molecule has 35 heavy (non-hydrogen) atoms. The quantitative estimate of drug-likeness (QED) is 0.257. The Morgan fingerprint density at radius 3 is 2.54 bits per heavy atom. The summed E-state index contributed by atoms with van der Waals surface area (Å²) in [5.74, 6) is -0.0979. The van der Waals surface area contributed by atoms with Crippen molar-refractivity contribution in [3.8, 4) is 0 Å². The molecule has 0 bridgehead atoms. The zero-order chi connectivity index (χ0) is 24.9. The van der Waals surface area contributed by atoms with Crippen LogP contribution in [0.3, 0.4) is 0 Å². The number of rotatable bonds is 9. The molecule has 0 fully saturated rings. The summed E-state index contributed by atoms with van der Waals surface area (Å²) in [6.07, 6.45) is 1.38. The number of amides is 2. The number of anilines is 1. The lowest BCUT2D eigenvalue weighted by atomic mass is 10.0. The van der Waals surface area contributed by atoms with Crippen molar-refractivity contribution < 1.29 is 9.59 Å². The molecule has 9 heteroatoms. The molecule has 0 radical (unpaired) electrons. The Bertz CT molecular complexity index is 1350. The fourth-order valence-corrected chi connectivity index (χ4v) is 4.16. The number of hydrogen-bond donors (Lipinski definition) is 4. The highest BCUT2D eigenvalue weighted by Gasteiger charge is 2.16. The van der Waals surface area contributed by atoms with Gasteiger partial charge in [0.15, 0.2) is 0 Å². The lowest BCUT2D eigenvalue weighted by molar-refractivity contribution is -0.119. The second kappa shape index (κ2) is 10.8. The van der Waals surface area contributed by atoms with Gasteiger partial charge in [0.1, 0.15) is 11.9 Å². The zero-order valence-corrected chi connectivity index (χ0v) is 20.6. The molecule has 0 aliphatic carbocycles. The Morgan fingerprint density at radius 2 is 1.80 bits per heavy atom. The maximum absolute atomic E-state index is 12.7. The number of aromatic nitrogens is 2. The Balaban J connectivity index is 1.56. The van der Waals surface area contributed by atoms with E-state index < -0.39 is 11.9 Å². The molecule has 0 aliphatic heterocycles. The van der Waals surface area contributed by atoms with Gasteiger partial charge in [0.25, 0.3) is 5.91 Å². The van der Waals surface area contributed by atoms with Crippen LogP contribution >= 0.6 is 23.2 Å². The van der Waals surface area contributed by atoms with Gasteiger partial charge in [-0.3, -0.25) is 9.59 Å². The first-order valence-electron chi connectivity index (χ1n) is 11.1. The van der Waals surface area contributed by atoms with Crippen molar-refractivity contribution in [3.05, 3.63) is 93.2 Å². The summed E-state index contributed by atoms with van der Waals surface area (Å²) in [6.45, 7) is 1.99. The van der Waals surface area contributed by atoms with Crippen LogP contribution in [0.25, 0.3) is 11.0 Å². The lowest BCUT2D eigenvalue weighted by Crippen LogP contribution is -2.42. The van der Waals surface area contributed by atoms with Crippen molar-refractivity contribution in [2.75, 3.05) is 5.32 Å². The van der Waals surface area contributed by atoms with E-state index in [0.29, 0.717) is 35.0 Å². The zero-order valence-electron chi connectivity index (χ0n) is 19.1. The number of carbonyl (C=O) groups excluding carboxylic acids is 2. The van der Waals surface area contributed by atoms with Gasteiger partial charge in [-0.1, -0.05) is 47.5 Å². The second-order valence-corrected chi connectivity index (χ2v) is 9.10. The summed E-state index contributed by atoms with van der Waals surface area (Å²) >= 11 is 12.4. The van der Waals surface area contributed by atoms with Crippen molar-refractivity contribution in [2.45, 2.75) is 32.4 Å². The summed E-state index contributed by atoms with van der Waals surface area (Å²) < 4.78 is 0. The number of aromatic amines is 1. The minimum absolute atomic E-state index is 0.382. The number of H-pyrrole nitrogens is 1. The molecule has 2 amide bonds. The normalized spacial score (nSPS) is 11.9. The van der Waals surface area contributed by atoms with Crippen LogP contribution in [0.1, 0.15) is 34.2 Å². The third-order valence-electron chi connectivity index (χ3n) is 5.70.